The lowest BCUT2D eigenvalue weighted by Gasteiger charge is -2.08. The Morgan fingerprint density at radius 3 is 2.23 bits per heavy atom. The van der Waals surface area contributed by atoms with Crippen molar-refractivity contribution in [2.75, 3.05) is 0 Å². The highest BCUT2D eigenvalue weighted by molar-refractivity contribution is 5.99. The Hall–Kier alpha value is -3.54. The van der Waals surface area contributed by atoms with Crippen LogP contribution in [0.1, 0.15) is 32.0 Å². The first-order valence-electron chi connectivity index (χ1n) is 8.17. The van der Waals surface area contributed by atoms with Gasteiger partial charge in [0.2, 0.25) is 0 Å². The average molecular weight is 346 g/mol. The van der Waals surface area contributed by atoms with Crippen molar-refractivity contribution in [3.63, 3.8) is 0 Å². The molecule has 2 N–H and O–H groups in total. The van der Waals surface area contributed by atoms with Gasteiger partial charge in [-0.3, -0.25) is 19.6 Å². The summed E-state index contributed by atoms with van der Waals surface area (Å²) in [5.41, 5.74) is 2.53. The summed E-state index contributed by atoms with van der Waals surface area (Å²) in [4.78, 5) is 32.8. The van der Waals surface area contributed by atoms with Crippen LogP contribution in [-0.4, -0.2) is 21.8 Å². The molecule has 0 saturated carbocycles. The summed E-state index contributed by atoms with van der Waals surface area (Å²) in [6.07, 6.45) is 5.05. The van der Waals surface area contributed by atoms with Crippen LogP contribution in [0.3, 0.4) is 0 Å². The summed E-state index contributed by atoms with van der Waals surface area (Å²) in [5.74, 6) is -0.495. The van der Waals surface area contributed by atoms with Crippen molar-refractivity contribution in [1.82, 2.24) is 20.6 Å². The predicted molar refractivity (Wildman–Crippen MR) is 97.3 cm³/mol. The molecule has 0 bridgehead atoms. The molecule has 3 rings (SSSR count). The number of amides is 2. The van der Waals surface area contributed by atoms with Crippen LogP contribution < -0.4 is 10.6 Å². The Labute approximate surface area is 151 Å². The van der Waals surface area contributed by atoms with Crippen LogP contribution in [0, 0.1) is 0 Å². The number of carbonyl (C=O) groups is 2. The summed E-state index contributed by atoms with van der Waals surface area (Å²) in [6.45, 7) is 0.708. The maximum Gasteiger partial charge on any atom is 0.251 e. The molecule has 1 aromatic carbocycles. The lowest BCUT2D eigenvalue weighted by atomic mass is 10.1. The maximum absolute atomic E-state index is 12.3. The Morgan fingerprint density at radius 1 is 0.808 bits per heavy atom. The van der Waals surface area contributed by atoms with Crippen molar-refractivity contribution in [1.29, 1.82) is 0 Å². The highest BCUT2D eigenvalue weighted by atomic mass is 16.2. The number of hydrogen-bond donors (Lipinski definition) is 2. The molecule has 0 unspecified atom stereocenters. The second-order valence-electron chi connectivity index (χ2n) is 5.63. The summed E-state index contributed by atoms with van der Waals surface area (Å²) < 4.78 is 0. The van der Waals surface area contributed by atoms with E-state index in [4.69, 9.17) is 0 Å². The lowest BCUT2D eigenvalue weighted by Crippen LogP contribution is -2.25. The molecule has 0 spiro atoms. The van der Waals surface area contributed by atoms with Crippen molar-refractivity contribution in [2.24, 2.45) is 0 Å². The van der Waals surface area contributed by atoms with E-state index in [0.717, 1.165) is 11.3 Å². The van der Waals surface area contributed by atoms with E-state index >= 15 is 0 Å². The van der Waals surface area contributed by atoms with E-state index in [-0.39, 0.29) is 11.8 Å². The standard InChI is InChI=1S/C20H18N4O2/c25-19(23-13-15-5-4-9-21-12-15)16-6-3-7-17(11-16)20(26)24-14-18-8-1-2-10-22-18/h1-12H,13-14H2,(H,23,25)(H,24,26). The minimum atomic E-state index is -0.252. The third kappa shape index (κ3) is 4.73. The van der Waals surface area contributed by atoms with Gasteiger partial charge in [-0.25, -0.2) is 0 Å². The smallest absolute Gasteiger partial charge is 0.251 e. The largest absolute Gasteiger partial charge is 0.348 e. The van der Waals surface area contributed by atoms with E-state index in [1.54, 1.807) is 42.9 Å². The topological polar surface area (TPSA) is 84.0 Å². The van der Waals surface area contributed by atoms with Crippen molar-refractivity contribution in [3.8, 4) is 0 Å². The van der Waals surface area contributed by atoms with Gasteiger partial charge in [0.25, 0.3) is 11.8 Å². The van der Waals surface area contributed by atoms with Gasteiger partial charge in [0, 0.05) is 36.3 Å². The fourth-order valence-corrected chi connectivity index (χ4v) is 2.36. The van der Waals surface area contributed by atoms with E-state index in [2.05, 4.69) is 20.6 Å². The zero-order chi connectivity index (χ0) is 18.2. The molecule has 0 aliphatic carbocycles. The summed E-state index contributed by atoms with van der Waals surface area (Å²) in [7, 11) is 0. The van der Waals surface area contributed by atoms with Gasteiger partial charge < -0.3 is 10.6 Å². The van der Waals surface area contributed by atoms with Gasteiger partial charge in [-0.1, -0.05) is 18.2 Å². The lowest BCUT2D eigenvalue weighted by molar-refractivity contribution is 0.0950. The first-order valence-corrected chi connectivity index (χ1v) is 8.17. The van der Waals surface area contributed by atoms with E-state index in [1.807, 2.05) is 30.3 Å². The molecule has 0 atom stereocenters. The van der Waals surface area contributed by atoms with Crippen LogP contribution in [0.15, 0.2) is 73.2 Å². The number of aromatic nitrogens is 2. The van der Waals surface area contributed by atoms with Crippen LogP contribution in [0.4, 0.5) is 0 Å². The van der Waals surface area contributed by atoms with E-state index in [1.165, 1.54) is 0 Å². The highest BCUT2D eigenvalue weighted by Crippen LogP contribution is 2.07. The zero-order valence-corrected chi connectivity index (χ0v) is 14.1. The molecule has 2 heterocycles. The maximum atomic E-state index is 12.3. The first kappa shape index (κ1) is 17.3. The van der Waals surface area contributed by atoms with Crippen LogP contribution in [0.2, 0.25) is 0 Å². The van der Waals surface area contributed by atoms with Gasteiger partial charge in [-0.2, -0.15) is 0 Å². The molecule has 3 aromatic rings. The number of rotatable bonds is 6. The molecule has 0 radical (unpaired) electrons. The Morgan fingerprint density at radius 2 is 1.58 bits per heavy atom. The molecular formula is C20H18N4O2. The third-order valence-corrected chi connectivity index (χ3v) is 3.72. The fraction of sp³-hybridized carbons (Fsp3) is 0.100. The molecule has 6 nitrogen and oxygen atoms in total. The first-order chi connectivity index (χ1) is 12.7. The van der Waals surface area contributed by atoms with E-state index in [0.29, 0.717) is 24.2 Å². The van der Waals surface area contributed by atoms with Gasteiger partial charge in [0.05, 0.1) is 12.2 Å². The second kappa shape index (κ2) is 8.53. The number of nitrogens with zero attached hydrogens (tertiary/aromatic N) is 2. The molecule has 130 valence electrons. The van der Waals surface area contributed by atoms with Gasteiger partial charge >= 0.3 is 0 Å². The Balaban J connectivity index is 1.60. The normalized spacial score (nSPS) is 10.2. The number of hydrogen-bond acceptors (Lipinski definition) is 4. The summed E-state index contributed by atoms with van der Waals surface area (Å²) >= 11 is 0. The molecule has 26 heavy (non-hydrogen) atoms. The predicted octanol–water partition coefficient (Wildman–Crippen LogP) is 2.34. The number of nitrogens with one attached hydrogen (secondary N) is 2. The van der Waals surface area contributed by atoms with Gasteiger partial charge in [-0.15, -0.1) is 0 Å². The number of pyridine rings is 2. The van der Waals surface area contributed by atoms with Crippen LogP contribution in [0.25, 0.3) is 0 Å². The second-order valence-corrected chi connectivity index (χ2v) is 5.63. The highest BCUT2D eigenvalue weighted by Gasteiger charge is 2.10. The van der Waals surface area contributed by atoms with Crippen molar-refractivity contribution in [2.45, 2.75) is 13.1 Å². The molecule has 0 fully saturated rings. The third-order valence-electron chi connectivity index (χ3n) is 3.72. The minimum absolute atomic E-state index is 0.242. The van der Waals surface area contributed by atoms with Gasteiger partial charge in [-0.05, 0) is 42.0 Å². The SMILES string of the molecule is O=C(NCc1cccnc1)c1cccc(C(=O)NCc2ccccn2)c1. The molecule has 0 aliphatic rings. The molecule has 0 saturated heterocycles. The van der Waals surface area contributed by atoms with Crippen molar-refractivity contribution >= 4 is 11.8 Å². The Kier molecular flexibility index (Phi) is 5.67. The van der Waals surface area contributed by atoms with Crippen LogP contribution in [-0.2, 0) is 13.1 Å². The zero-order valence-electron chi connectivity index (χ0n) is 14.1. The summed E-state index contributed by atoms with van der Waals surface area (Å²) in [6, 6.07) is 15.8. The minimum Gasteiger partial charge on any atom is -0.348 e. The Bertz CT molecular complexity index is 812. The molecule has 2 aromatic heterocycles. The van der Waals surface area contributed by atoms with Crippen LogP contribution in [0.5, 0.6) is 0 Å². The van der Waals surface area contributed by atoms with E-state index in [9.17, 15) is 9.59 Å². The molecule has 0 aliphatic heterocycles. The quantitative estimate of drug-likeness (QED) is 0.717. The molecular weight excluding hydrogens is 328 g/mol. The van der Waals surface area contributed by atoms with Gasteiger partial charge in [0.1, 0.15) is 0 Å². The number of carbonyl (C=O) groups excluding carboxylic acids is 2. The fourth-order valence-electron chi connectivity index (χ4n) is 2.36. The van der Waals surface area contributed by atoms with E-state index < -0.39 is 0 Å². The van der Waals surface area contributed by atoms with Crippen molar-refractivity contribution < 1.29 is 9.59 Å². The number of benzene rings is 1. The summed E-state index contributed by atoms with van der Waals surface area (Å²) in [5, 5.41) is 5.62. The van der Waals surface area contributed by atoms with Crippen molar-refractivity contribution in [3.05, 3.63) is 95.6 Å². The molecule has 6 heteroatoms. The molecule has 2 amide bonds. The van der Waals surface area contributed by atoms with Crippen LogP contribution >= 0.6 is 0 Å². The average Bonchev–Trinajstić information content (AvgIpc) is 2.72. The van der Waals surface area contributed by atoms with Gasteiger partial charge in [0.15, 0.2) is 0 Å². The monoisotopic (exact) mass is 346 g/mol.